The molecule has 1 aliphatic rings. The number of methoxy groups -OCH3 is 1. The zero-order valence-corrected chi connectivity index (χ0v) is 27.7. The maximum absolute atomic E-state index is 14.2. The van der Waals surface area contributed by atoms with Gasteiger partial charge in [-0.05, 0) is 74.7 Å². The number of hydrogen-bond acceptors (Lipinski definition) is 5. The maximum atomic E-state index is 14.2. The summed E-state index contributed by atoms with van der Waals surface area (Å²) in [6, 6.07) is 17.6. The number of aryl methyl sites for hydroxylation is 1. The van der Waals surface area contributed by atoms with Crippen LogP contribution in [0.4, 0.5) is 5.69 Å². The molecule has 1 saturated carbocycles. The normalized spacial score (nSPS) is 14.5. The third kappa shape index (κ3) is 8.31. The molecule has 0 spiro atoms. The van der Waals surface area contributed by atoms with Crippen LogP contribution in [0.3, 0.4) is 0 Å². The molecule has 1 fully saturated rings. The highest BCUT2D eigenvalue weighted by Gasteiger charge is 2.33. The molecule has 1 N–H and O–H groups in total. The maximum Gasteiger partial charge on any atom is 0.264 e. The highest BCUT2D eigenvalue weighted by molar-refractivity contribution is 9.10. The fraction of sp³-hybridized carbons (Fsp3) is 0.375. The van der Waals surface area contributed by atoms with E-state index in [1.807, 2.05) is 31.2 Å². The number of halogens is 2. The second kappa shape index (κ2) is 14.6. The molecule has 3 aromatic carbocycles. The van der Waals surface area contributed by atoms with Crippen molar-refractivity contribution in [3.63, 3.8) is 0 Å². The summed E-state index contributed by atoms with van der Waals surface area (Å²) in [5.41, 5.74) is 1.88. The molecule has 3 aromatic rings. The standard InChI is InChI=1S/C32H37BrClN3O5S/c1-22-12-15-28(16-13-22)43(40,41)37(27-14-17-30(42-3)29(34)19-27)21-31(38)36(20-24-8-7-9-25(33)18-24)23(2)32(39)35-26-10-5-4-6-11-26/h7-9,12-19,23,26H,4-6,10-11,20-21H2,1-3H3,(H,35,39). The summed E-state index contributed by atoms with van der Waals surface area (Å²) in [5, 5.41) is 3.31. The van der Waals surface area contributed by atoms with Gasteiger partial charge in [0.2, 0.25) is 11.8 Å². The molecule has 230 valence electrons. The van der Waals surface area contributed by atoms with Crippen LogP contribution in [0.25, 0.3) is 0 Å². The Morgan fingerprint density at radius 2 is 1.74 bits per heavy atom. The number of anilines is 1. The number of nitrogens with one attached hydrogen (secondary N) is 1. The lowest BCUT2D eigenvalue weighted by Gasteiger charge is -2.33. The van der Waals surface area contributed by atoms with Crippen LogP contribution >= 0.6 is 27.5 Å². The topological polar surface area (TPSA) is 96.0 Å². The summed E-state index contributed by atoms with van der Waals surface area (Å²) in [4.78, 5) is 29.1. The van der Waals surface area contributed by atoms with Crippen LogP contribution in [-0.2, 0) is 26.2 Å². The van der Waals surface area contributed by atoms with E-state index in [0.29, 0.717) is 5.75 Å². The van der Waals surface area contributed by atoms with E-state index in [1.54, 1.807) is 31.2 Å². The van der Waals surface area contributed by atoms with E-state index in [-0.39, 0.29) is 34.1 Å². The Morgan fingerprint density at radius 3 is 2.37 bits per heavy atom. The Kier molecular flexibility index (Phi) is 11.1. The first-order valence-corrected chi connectivity index (χ1v) is 16.9. The quantitative estimate of drug-likeness (QED) is 0.249. The van der Waals surface area contributed by atoms with Gasteiger partial charge in [0, 0.05) is 17.1 Å². The lowest BCUT2D eigenvalue weighted by Crippen LogP contribution is -2.53. The van der Waals surface area contributed by atoms with Crippen molar-refractivity contribution < 1.29 is 22.7 Å². The largest absolute Gasteiger partial charge is 0.495 e. The summed E-state index contributed by atoms with van der Waals surface area (Å²) >= 11 is 9.87. The van der Waals surface area contributed by atoms with Crippen molar-refractivity contribution in [2.45, 2.75) is 69.5 Å². The second-order valence-electron chi connectivity index (χ2n) is 10.8. The molecule has 8 nitrogen and oxygen atoms in total. The molecule has 0 heterocycles. The molecule has 1 unspecified atom stereocenters. The van der Waals surface area contributed by atoms with Crippen molar-refractivity contribution in [2.24, 2.45) is 0 Å². The molecule has 0 saturated heterocycles. The molecule has 2 amide bonds. The predicted molar refractivity (Wildman–Crippen MR) is 173 cm³/mol. The third-order valence-electron chi connectivity index (χ3n) is 7.67. The Hall–Kier alpha value is -3.08. The minimum absolute atomic E-state index is 0.0273. The van der Waals surface area contributed by atoms with Crippen LogP contribution in [-0.4, -0.2) is 50.9 Å². The fourth-order valence-electron chi connectivity index (χ4n) is 5.16. The van der Waals surface area contributed by atoms with Gasteiger partial charge >= 0.3 is 0 Å². The number of amides is 2. The molecule has 11 heteroatoms. The highest BCUT2D eigenvalue weighted by Crippen LogP contribution is 2.32. The number of ether oxygens (including phenoxy) is 1. The van der Waals surface area contributed by atoms with Gasteiger partial charge in [0.25, 0.3) is 10.0 Å². The summed E-state index contributed by atoms with van der Waals surface area (Å²) in [6.07, 6.45) is 5.06. The zero-order chi connectivity index (χ0) is 31.1. The predicted octanol–water partition coefficient (Wildman–Crippen LogP) is 6.48. The van der Waals surface area contributed by atoms with E-state index in [2.05, 4.69) is 21.2 Å². The number of rotatable bonds is 11. The third-order valence-corrected chi connectivity index (χ3v) is 10.2. The van der Waals surface area contributed by atoms with E-state index >= 15 is 0 Å². The van der Waals surface area contributed by atoms with Crippen LogP contribution in [0.1, 0.15) is 50.2 Å². The van der Waals surface area contributed by atoms with Crippen molar-refractivity contribution in [3.05, 3.63) is 87.4 Å². The summed E-state index contributed by atoms with van der Waals surface area (Å²) < 4.78 is 35.2. The van der Waals surface area contributed by atoms with Gasteiger partial charge in [0.15, 0.2) is 0 Å². The molecule has 0 bridgehead atoms. The van der Waals surface area contributed by atoms with Gasteiger partial charge in [0.1, 0.15) is 18.3 Å². The van der Waals surface area contributed by atoms with E-state index < -0.39 is 28.5 Å². The lowest BCUT2D eigenvalue weighted by atomic mass is 9.95. The summed E-state index contributed by atoms with van der Waals surface area (Å²) in [6.45, 7) is 3.10. The molecule has 0 radical (unpaired) electrons. The Labute approximate surface area is 267 Å². The zero-order valence-electron chi connectivity index (χ0n) is 24.6. The number of sulfonamides is 1. The summed E-state index contributed by atoms with van der Waals surface area (Å²) in [5.74, 6) is -0.432. The molecular formula is C32H37BrClN3O5S. The first-order chi connectivity index (χ1) is 20.5. The Balaban J connectivity index is 1.70. The number of hydrogen-bond donors (Lipinski definition) is 1. The molecule has 0 aliphatic heterocycles. The average molecular weight is 691 g/mol. The smallest absolute Gasteiger partial charge is 0.264 e. The molecule has 43 heavy (non-hydrogen) atoms. The monoisotopic (exact) mass is 689 g/mol. The van der Waals surface area contributed by atoms with Gasteiger partial charge in [-0.25, -0.2) is 8.42 Å². The first-order valence-electron chi connectivity index (χ1n) is 14.3. The first kappa shape index (κ1) is 32.8. The van der Waals surface area contributed by atoms with Crippen LogP contribution in [0.2, 0.25) is 5.02 Å². The van der Waals surface area contributed by atoms with Crippen LogP contribution < -0.4 is 14.4 Å². The Bertz CT molecular complexity index is 1540. The number of benzene rings is 3. The van der Waals surface area contributed by atoms with Crippen LogP contribution in [0.15, 0.2) is 76.1 Å². The van der Waals surface area contributed by atoms with E-state index in [0.717, 1.165) is 52.0 Å². The Morgan fingerprint density at radius 1 is 1.05 bits per heavy atom. The van der Waals surface area contributed by atoms with Gasteiger partial charge in [-0.2, -0.15) is 0 Å². The average Bonchev–Trinajstić information content (AvgIpc) is 2.99. The van der Waals surface area contributed by atoms with Gasteiger partial charge in [0.05, 0.1) is 22.7 Å². The second-order valence-corrected chi connectivity index (χ2v) is 14.0. The SMILES string of the molecule is COc1ccc(N(CC(=O)N(Cc2cccc(Br)c2)C(C)C(=O)NC2CCCCC2)S(=O)(=O)c2ccc(C)cc2)cc1Cl. The number of nitrogens with zero attached hydrogens (tertiary/aromatic N) is 2. The molecular weight excluding hydrogens is 654 g/mol. The van der Waals surface area contributed by atoms with Gasteiger partial charge in [-0.1, -0.05) is 76.6 Å². The van der Waals surface area contributed by atoms with Crippen molar-refractivity contribution in [1.29, 1.82) is 0 Å². The van der Waals surface area contributed by atoms with Crippen molar-refractivity contribution in [3.8, 4) is 5.75 Å². The van der Waals surface area contributed by atoms with E-state index in [4.69, 9.17) is 16.3 Å². The molecule has 1 atom stereocenters. The summed E-state index contributed by atoms with van der Waals surface area (Å²) in [7, 11) is -2.74. The highest BCUT2D eigenvalue weighted by atomic mass is 79.9. The molecule has 1 aliphatic carbocycles. The minimum Gasteiger partial charge on any atom is -0.495 e. The molecule has 0 aromatic heterocycles. The lowest BCUT2D eigenvalue weighted by molar-refractivity contribution is -0.139. The van der Waals surface area contributed by atoms with Crippen LogP contribution in [0, 0.1) is 6.92 Å². The van der Waals surface area contributed by atoms with Crippen molar-refractivity contribution in [2.75, 3.05) is 18.0 Å². The molecule has 4 rings (SSSR count). The van der Waals surface area contributed by atoms with Gasteiger partial charge in [-0.15, -0.1) is 0 Å². The van der Waals surface area contributed by atoms with Crippen molar-refractivity contribution in [1.82, 2.24) is 10.2 Å². The van der Waals surface area contributed by atoms with Gasteiger partial charge in [-0.3, -0.25) is 13.9 Å². The number of carbonyl (C=O) groups excluding carboxylic acids is 2. The van der Waals surface area contributed by atoms with Crippen LogP contribution in [0.5, 0.6) is 5.75 Å². The minimum atomic E-state index is -4.21. The van der Waals surface area contributed by atoms with E-state index in [1.165, 1.54) is 30.2 Å². The van der Waals surface area contributed by atoms with E-state index in [9.17, 15) is 18.0 Å². The number of carbonyl (C=O) groups is 2. The van der Waals surface area contributed by atoms with Crippen molar-refractivity contribution >= 4 is 55.1 Å². The van der Waals surface area contributed by atoms with Gasteiger partial charge < -0.3 is 15.0 Å². The fourth-order valence-corrected chi connectivity index (χ4v) is 7.26.